The Balaban J connectivity index is 1.75. The summed E-state index contributed by atoms with van der Waals surface area (Å²) in [7, 11) is 0. The Hall–Kier alpha value is -0.600. The maximum Gasteiger partial charge on any atom is 0.0675 e. The van der Waals surface area contributed by atoms with Crippen molar-refractivity contribution in [3.8, 4) is 0 Å². The average Bonchev–Trinajstić information content (AvgIpc) is 2.82. The highest BCUT2D eigenvalue weighted by atomic mass is 16.5. The molecule has 2 rings (SSSR count). The van der Waals surface area contributed by atoms with Gasteiger partial charge in [-0.1, -0.05) is 24.3 Å². The molecule has 2 saturated carbocycles. The van der Waals surface area contributed by atoms with Gasteiger partial charge in [-0.3, -0.25) is 0 Å². The standard InChI is InChI=1S/C15H24O2/c1-10(2)8-16-14-6-13-5-12(14)7-15(13)17-9-11(3)4/h12-15H,1,3,5-9H2,2,4H3. The second kappa shape index (κ2) is 5.36. The lowest BCUT2D eigenvalue weighted by Crippen LogP contribution is -2.30. The second-order valence-corrected chi connectivity index (χ2v) is 5.84. The van der Waals surface area contributed by atoms with Gasteiger partial charge in [0.25, 0.3) is 0 Å². The summed E-state index contributed by atoms with van der Waals surface area (Å²) in [5.74, 6) is 1.41. The van der Waals surface area contributed by atoms with Crippen molar-refractivity contribution >= 4 is 0 Å². The normalized spacial score (nSPS) is 35.2. The molecule has 4 unspecified atom stereocenters. The molecule has 96 valence electrons. The van der Waals surface area contributed by atoms with Crippen LogP contribution in [0.3, 0.4) is 0 Å². The Bertz CT molecular complexity index is 278. The predicted octanol–water partition coefficient (Wildman–Crippen LogP) is 3.34. The molecule has 0 heterocycles. The fourth-order valence-electron chi connectivity index (χ4n) is 3.08. The summed E-state index contributed by atoms with van der Waals surface area (Å²) in [5, 5.41) is 0. The minimum Gasteiger partial charge on any atom is -0.374 e. The van der Waals surface area contributed by atoms with Crippen molar-refractivity contribution in [2.45, 2.75) is 45.3 Å². The van der Waals surface area contributed by atoms with E-state index in [0.29, 0.717) is 37.3 Å². The quantitative estimate of drug-likeness (QED) is 0.658. The topological polar surface area (TPSA) is 18.5 Å². The van der Waals surface area contributed by atoms with Crippen LogP contribution >= 0.6 is 0 Å². The van der Waals surface area contributed by atoms with Crippen molar-refractivity contribution in [3.05, 3.63) is 24.3 Å². The van der Waals surface area contributed by atoms with E-state index in [2.05, 4.69) is 13.2 Å². The summed E-state index contributed by atoms with van der Waals surface area (Å²) in [6, 6.07) is 0. The van der Waals surface area contributed by atoms with Gasteiger partial charge in [0.2, 0.25) is 0 Å². The van der Waals surface area contributed by atoms with Crippen LogP contribution in [0.1, 0.15) is 33.1 Å². The molecular formula is C15H24O2. The molecule has 0 N–H and O–H groups in total. The fourth-order valence-corrected chi connectivity index (χ4v) is 3.08. The minimum absolute atomic E-state index is 0.446. The van der Waals surface area contributed by atoms with E-state index in [1.54, 1.807) is 0 Å². The predicted molar refractivity (Wildman–Crippen MR) is 69.9 cm³/mol. The van der Waals surface area contributed by atoms with Gasteiger partial charge in [0, 0.05) is 0 Å². The molecule has 2 bridgehead atoms. The maximum absolute atomic E-state index is 5.90. The van der Waals surface area contributed by atoms with Crippen LogP contribution < -0.4 is 0 Å². The van der Waals surface area contributed by atoms with Crippen molar-refractivity contribution in [2.75, 3.05) is 13.2 Å². The van der Waals surface area contributed by atoms with Crippen LogP contribution in [0.15, 0.2) is 24.3 Å². The first-order valence-electron chi connectivity index (χ1n) is 6.58. The van der Waals surface area contributed by atoms with Crippen molar-refractivity contribution < 1.29 is 9.47 Å². The third-order valence-electron chi connectivity index (χ3n) is 3.81. The molecule has 4 atom stereocenters. The van der Waals surface area contributed by atoms with Crippen LogP contribution in [-0.4, -0.2) is 25.4 Å². The van der Waals surface area contributed by atoms with E-state index in [0.717, 1.165) is 11.1 Å². The largest absolute Gasteiger partial charge is 0.374 e. The number of fused-ring (bicyclic) bond motifs is 2. The van der Waals surface area contributed by atoms with Gasteiger partial charge in [0.15, 0.2) is 0 Å². The zero-order chi connectivity index (χ0) is 12.4. The van der Waals surface area contributed by atoms with Crippen molar-refractivity contribution in [2.24, 2.45) is 11.8 Å². The molecule has 2 fully saturated rings. The van der Waals surface area contributed by atoms with Gasteiger partial charge in [-0.2, -0.15) is 0 Å². The van der Waals surface area contributed by atoms with Gasteiger partial charge in [-0.15, -0.1) is 0 Å². The molecule has 0 aromatic rings. The van der Waals surface area contributed by atoms with Crippen LogP contribution in [0.5, 0.6) is 0 Å². The lowest BCUT2D eigenvalue weighted by atomic mass is 9.95. The molecule has 2 aliphatic carbocycles. The van der Waals surface area contributed by atoms with E-state index in [-0.39, 0.29) is 0 Å². The molecule has 0 aliphatic heterocycles. The van der Waals surface area contributed by atoms with Crippen molar-refractivity contribution in [1.82, 2.24) is 0 Å². The second-order valence-electron chi connectivity index (χ2n) is 5.84. The summed E-state index contributed by atoms with van der Waals surface area (Å²) < 4.78 is 11.8. The van der Waals surface area contributed by atoms with Crippen LogP contribution in [-0.2, 0) is 9.47 Å². The Labute approximate surface area is 105 Å². The van der Waals surface area contributed by atoms with Crippen LogP contribution in [0, 0.1) is 11.8 Å². The summed E-state index contributed by atoms with van der Waals surface area (Å²) >= 11 is 0. The van der Waals surface area contributed by atoms with E-state index in [9.17, 15) is 0 Å². The summed E-state index contributed by atoms with van der Waals surface area (Å²) in [6.07, 6.45) is 4.50. The maximum atomic E-state index is 5.90. The molecule has 0 aromatic carbocycles. The fraction of sp³-hybridized carbons (Fsp3) is 0.733. The number of ether oxygens (including phenoxy) is 2. The molecule has 2 heteroatoms. The van der Waals surface area contributed by atoms with E-state index >= 15 is 0 Å². The molecule has 17 heavy (non-hydrogen) atoms. The minimum atomic E-state index is 0.446. The highest BCUT2D eigenvalue weighted by Gasteiger charge is 2.46. The van der Waals surface area contributed by atoms with Gasteiger partial charge in [-0.05, 0) is 44.9 Å². The highest BCUT2D eigenvalue weighted by Crippen LogP contribution is 2.47. The van der Waals surface area contributed by atoms with E-state index < -0.39 is 0 Å². The molecule has 0 amide bonds. The number of hydrogen-bond donors (Lipinski definition) is 0. The van der Waals surface area contributed by atoms with Crippen LogP contribution in [0.2, 0.25) is 0 Å². The zero-order valence-corrected chi connectivity index (χ0v) is 11.1. The van der Waals surface area contributed by atoms with Gasteiger partial charge in [0.1, 0.15) is 0 Å². The molecule has 0 radical (unpaired) electrons. The molecule has 0 saturated heterocycles. The van der Waals surface area contributed by atoms with Gasteiger partial charge in [0.05, 0.1) is 25.4 Å². The van der Waals surface area contributed by atoms with Crippen LogP contribution in [0.4, 0.5) is 0 Å². The highest BCUT2D eigenvalue weighted by molar-refractivity contribution is 4.99. The zero-order valence-electron chi connectivity index (χ0n) is 11.1. The average molecular weight is 236 g/mol. The Morgan fingerprint density at radius 3 is 1.59 bits per heavy atom. The lowest BCUT2D eigenvalue weighted by molar-refractivity contribution is -0.0265. The Morgan fingerprint density at radius 2 is 1.29 bits per heavy atom. The third kappa shape index (κ3) is 3.20. The Kier molecular flexibility index (Phi) is 4.05. The van der Waals surface area contributed by atoms with Gasteiger partial charge >= 0.3 is 0 Å². The first-order valence-corrected chi connectivity index (χ1v) is 6.58. The third-order valence-corrected chi connectivity index (χ3v) is 3.81. The molecule has 2 aliphatic rings. The first kappa shape index (κ1) is 12.8. The molecular weight excluding hydrogens is 212 g/mol. The Morgan fingerprint density at radius 1 is 0.882 bits per heavy atom. The monoisotopic (exact) mass is 236 g/mol. The lowest BCUT2D eigenvalue weighted by Gasteiger charge is -2.28. The van der Waals surface area contributed by atoms with E-state index in [1.807, 2.05) is 13.8 Å². The van der Waals surface area contributed by atoms with Crippen molar-refractivity contribution in [1.29, 1.82) is 0 Å². The smallest absolute Gasteiger partial charge is 0.0675 e. The van der Waals surface area contributed by atoms with Crippen molar-refractivity contribution in [3.63, 3.8) is 0 Å². The van der Waals surface area contributed by atoms with Gasteiger partial charge < -0.3 is 9.47 Å². The van der Waals surface area contributed by atoms with Crippen LogP contribution in [0.25, 0.3) is 0 Å². The molecule has 2 nitrogen and oxygen atoms in total. The first-order chi connectivity index (χ1) is 8.06. The summed E-state index contributed by atoms with van der Waals surface area (Å²) in [5.41, 5.74) is 2.23. The SMILES string of the molecule is C=C(C)COC1CC2CC1CC2OCC(=C)C. The summed E-state index contributed by atoms with van der Waals surface area (Å²) in [4.78, 5) is 0. The van der Waals surface area contributed by atoms with Gasteiger partial charge in [-0.25, -0.2) is 0 Å². The summed E-state index contributed by atoms with van der Waals surface area (Å²) in [6.45, 7) is 13.2. The number of rotatable bonds is 6. The van der Waals surface area contributed by atoms with E-state index in [4.69, 9.17) is 9.47 Å². The molecule has 0 aromatic heterocycles. The number of hydrogen-bond acceptors (Lipinski definition) is 2. The van der Waals surface area contributed by atoms with E-state index in [1.165, 1.54) is 19.3 Å². The molecule has 0 spiro atoms.